The van der Waals surface area contributed by atoms with Crippen LogP contribution in [0.1, 0.15) is 61.3 Å². The molecule has 198 valence electrons. The second-order valence-electron chi connectivity index (χ2n) is 10.8. The number of hydrogen-bond donors (Lipinski definition) is 1. The number of ether oxygens (including phenoxy) is 2. The van der Waals surface area contributed by atoms with Crippen LogP contribution in [0.25, 0.3) is 0 Å². The van der Waals surface area contributed by atoms with Gasteiger partial charge in [0, 0.05) is 7.05 Å². The number of carbonyl (C=O) groups is 1. The summed E-state index contributed by atoms with van der Waals surface area (Å²) in [6, 6.07) is -1.17. The number of nitrogens with one attached hydrogen (secondary N) is 1. The zero-order valence-corrected chi connectivity index (χ0v) is 22.8. The summed E-state index contributed by atoms with van der Waals surface area (Å²) >= 11 is 0. The molecule has 1 aliphatic carbocycles. The average molecular weight is 515 g/mol. The van der Waals surface area contributed by atoms with Crippen LogP contribution in [-0.4, -0.2) is 73.3 Å². The van der Waals surface area contributed by atoms with Crippen LogP contribution in [-0.2, 0) is 19.3 Å². The molecule has 1 N–H and O–H groups in total. The van der Waals surface area contributed by atoms with Gasteiger partial charge < -0.3 is 14.4 Å². The Bertz CT molecular complexity index is 1030. The summed E-state index contributed by atoms with van der Waals surface area (Å²) in [7, 11) is -2.31. The van der Waals surface area contributed by atoms with Crippen LogP contribution in [0.3, 0.4) is 0 Å². The molecular weight excluding hydrogens is 475 g/mol. The molecule has 1 heterocycles. The summed E-state index contributed by atoms with van der Waals surface area (Å²) < 4.78 is 52.0. The van der Waals surface area contributed by atoms with Crippen LogP contribution in [0.5, 0.6) is 0 Å². The molecule has 2 atom stereocenters. The predicted octanol–water partition coefficient (Wildman–Crippen LogP) is 3.98. The van der Waals surface area contributed by atoms with E-state index in [9.17, 15) is 13.2 Å². The van der Waals surface area contributed by atoms with Gasteiger partial charge in [-0.1, -0.05) is 6.08 Å². The SMILES string of the molecule is C=N/C=C(/OCC1CC1)N(C)C(/C(F)=C\C)[C@]1(C)CS(=O)(=O)C(C)(C)C(NC(=O)OC(C)(C)C)=N1. The Morgan fingerprint density at radius 3 is 2.46 bits per heavy atom. The van der Waals surface area contributed by atoms with Crippen LogP contribution in [0.15, 0.2) is 34.0 Å². The third-order valence-corrected chi connectivity index (χ3v) is 8.76. The molecule has 9 nitrogen and oxygen atoms in total. The molecule has 11 heteroatoms. The van der Waals surface area contributed by atoms with Gasteiger partial charge in [-0.15, -0.1) is 0 Å². The molecular formula is C24H39FN4O5S. The number of rotatable bonds is 8. The molecule has 0 radical (unpaired) electrons. The van der Waals surface area contributed by atoms with Crippen molar-refractivity contribution in [2.75, 3.05) is 19.4 Å². The van der Waals surface area contributed by atoms with Gasteiger partial charge in [0.25, 0.3) is 0 Å². The zero-order valence-electron chi connectivity index (χ0n) is 22.0. The number of amides is 1. The van der Waals surface area contributed by atoms with Gasteiger partial charge >= 0.3 is 6.09 Å². The van der Waals surface area contributed by atoms with E-state index < -0.39 is 49.4 Å². The number of nitrogens with zero attached hydrogens (tertiary/aromatic N) is 3. The fraction of sp³-hybridized carbons (Fsp3) is 0.708. The van der Waals surface area contributed by atoms with Gasteiger partial charge in [0.1, 0.15) is 33.6 Å². The first kappa shape index (κ1) is 28.8. The summed E-state index contributed by atoms with van der Waals surface area (Å²) in [6.07, 6.45) is 3.89. The summed E-state index contributed by atoms with van der Waals surface area (Å²) in [6.45, 7) is 14.9. The molecule has 0 aromatic rings. The van der Waals surface area contributed by atoms with Crippen LogP contribution in [0, 0.1) is 5.92 Å². The predicted molar refractivity (Wildman–Crippen MR) is 136 cm³/mol. The van der Waals surface area contributed by atoms with Crippen molar-refractivity contribution in [3.05, 3.63) is 24.0 Å². The van der Waals surface area contributed by atoms with Crippen LogP contribution in [0.2, 0.25) is 0 Å². The van der Waals surface area contributed by atoms with E-state index in [4.69, 9.17) is 9.47 Å². The van der Waals surface area contributed by atoms with Crippen LogP contribution < -0.4 is 5.32 Å². The standard InChI is InChI=1S/C24H39FN4O5S/c1-10-17(25)19(29(9)18(13-26-8)33-14-16-11-12-16)24(7)15-35(31,32)23(5,6)20(28-24)27-21(30)34-22(2,3)4/h10,13,16,19H,8,11-12,14-15H2,1-7,9H3,(H,27,28,30)/b17-10+,18-13+/t19?,24-/m0/s1. The van der Waals surface area contributed by atoms with Crippen molar-refractivity contribution in [3.63, 3.8) is 0 Å². The Balaban J connectivity index is 2.56. The molecule has 1 aliphatic heterocycles. The number of allylic oxidation sites excluding steroid dienone is 1. The minimum absolute atomic E-state index is 0.117. The third kappa shape index (κ3) is 6.83. The molecule has 0 bridgehead atoms. The van der Waals surface area contributed by atoms with Gasteiger partial charge in [-0.3, -0.25) is 15.3 Å². The maximum atomic E-state index is 15.5. The Labute approximate surface area is 208 Å². The molecule has 0 spiro atoms. The lowest BCUT2D eigenvalue weighted by Gasteiger charge is -2.45. The molecule has 0 aromatic carbocycles. The highest BCUT2D eigenvalue weighted by Crippen LogP contribution is 2.38. The van der Waals surface area contributed by atoms with E-state index in [2.05, 4.69) is 22.0 Å². The van der Waals surface area contributed by atoms with E-state index >= 15 is 4.39 Å². The first-order valence-corrected chi connectivity index (χ1v) is 13.3. The molecule has 0 aromatic heterocycles. The van der Waals surface area contributed by atoms with E-state index in [0.717, 1.165) is 12.8 Å². The molecule has 1 fully saturated rings. The molecule has 2 rings (SSSR count). The Hall–Kier alpha value is -2.43. The highest BCUT2D eigenvalue weighted by molar-refractivity contribution is 7.93. The van der Waals surface area contributed by atoms with E-state index in [1.807, 2.05) is 0 Å². The topological polar surface area (TPSA) is 110 Å². The normalized spacial score (nSPS) is 25.2. The lowest BCUT2D eigenvalue weighted by Crippen LogP contribution is -2.63. The summed E-state index contributed by atoms with van der Waals surface area (Å²) in [5, 5.41) is 2.50. The Morgan fingerprint density at radius 2 is 1.97 bits per heavy atom. The maximum absolute atomic E-state index is 15.5. The Kier molecular flexibility index (Phi) is 8.46. The van der Waals surface area contributed by atoms with Gasteiger partial charge in [-0.05, 0) is 73.9 Å². The highest BCUT2D eigenvalue weighted by atomic mass is 32.2. The van der Waals surface area contributed by atoms with E-state index in [1.165, 1.54) is 37.9 Å². The number of halogens is 1. The summed E-state index contributed by atoms with van der Waals surface area (Å²) in [4.78, 5) is 22.4. The van der Waals surface area contributed by atoms with Crippen molar-refractivity contribution in [3.8, 4) is 0 Å². The van der Waals surface area contributed by atoms with Gasteiger partial charge in [-0.2, -0.15) is 0 Å². The third-order valence-electron chi connectivity index (χ3n) is 6.04. The van der Waals surface area contributed by atoms with E-state index in [0.29, 0.717) is 12.5 Å². The lowest BCUT2D eigenvalue weighted by atomic mass is 9.91. The minimum Gasteiger partial charge on any atom is -0.478 e. The summed E-state index contributed by atoms with van der Waals surface area (Å²) in [5.74, 6) is -0.505. The molecule has 35 heavy (non-hydrogen) atoms. The first-order valence-electron chi connectivity index (χ1n) is 11.6. The average Bonchev–Trinajstić information content (AvgIpc) is 3.51. The second-order valence-corrected chi connectivity index (χ2v) is 13.3. The van der Waals surface area contributed by atoms with Gasteiger partial charge in [0.05, 0.1) is 18.6 Å². The monoisotopic (exact) mass is 514 g/mol. The van der Waals surface area contributed by atoms with Gasteiger partial charge in [-0.25, -0.2) is 17.6 Å². The number of likely N-dealkylation sites (N-methyl/N-ethyl adjacent to an activating group) is 1. The number of hydrogen-bond acceptors (Lipinski definition) is 8. The Morgan fingerprint density at radius 1 is 1.37 bits per heavy atom. The number of amidine groups is 1. The first-order chi connectivity index (χ1) is 16.0. The fourth-order valence-electron chi connectivity index (χ4n) is 3.83. The van der Waals surface area contributed by atoms with Gasteiger partial charge in [0.2, 0.25) is 5.88 Å². The number of aliphatic imine (C=N–C) groups is 2. The smallest absolute Gasteiger partial charge is 0.413 e. The quantitative estimate of drug-likeness (QED) is 0.388. The number of sulfone groups is 1. The molecule has 1 amide bonds. The maximum Gasteiger partial charge on any atom is 0.413 e. The molecule has 1 unspecified atom stereocenters. The summed E-state index contributed by atoms with van der Waals surface area (Å²) in [5.41, 5.74) is -2.32. The molecule has 2 aliphatic rings. The lowest BCUT2D eigenvalue weighted by molar-refractivity contribution is 0.0559. The van der Waals surface area contributed by atoms with E-state index in [-0.39, 0.29) is 11.7 Å². The van der Waals surface area contributed by atoms with Crippen molar-refractivity contribution in [2.24, 2.45) is 15.9 Å². The minimum atomic E-state index is -3.90. The number of alkyl carbamates (subject to hydrolysis) is 1. The van der Waals surface area contributed by atoms with Crippen molar-refractivity contribution in [1.29, 1.82) is 0 Å². The molecule has 0 saturated heterocycles. The second kappa shape index (κ2) is 10.3. The van der Waals surface area contributed by atoms with E-state index in [1.54, 1.807) is 34.7 Å². The van der Waals surface area contributed by atoms with Crippen LogP contribution in [0.4, 0.5) is 9.18 Å². The largest absolute Gasteiger partial charge is 0.478 e. The zero-order chi connectivity index (χ0) is 26.8. The van der Waals surface area contributed by atoms with Gasteiger partial charge in [0.15, 0.2) is 9.84 Å². The number of carbonyl (C=O) groups excluding carboxylic acids is 1. The van der Waals surface area contributed by atoms with Crippen molar-refractivity contribution < 1.29 is 27.1 Å². The fourth-order valence-corrected chi connectivity index (χ4v) is 5.58. The van der Waals surface area contributed by atoms with Crippen molar-refractivity contribution >= 4 is 28.5 Å². The molecule has 1 saturated carbocycles. The highest BCUT2D eigenvalue weighted by Gasteiger charge is 2.54. The van der Waals surface area contributed by atoms with Crippen LogP contribution >= 0.6 is 0 Å². The van der Waals surface area contributed by atoms with Crippen molar-refractivity contribution in [1.82, 2.24) is 10.2 Å². The van der Waals surface area contributed by atoms with Crippen molar-refractivity contribution in [2.45, 2.75) is 83.2 Å².